The minimum atomic E-state index is -0.838. The summed E-state index contributed by atoms with van der Waals surface area (Å²) in [5.41, 5.74) is 2.46. The Hall–Kier alpha value is -2.47. The van der Waals surface area contributed by atoms with Crippen LogP contribution in [-0.2, 0) is 11.2 Å². The number of unbranched alkanes of at least 4 members (excludes halogenated alkanes) is 1. The van der Waals surface area contributed by atoms with Gasteiger partial charge >= 0.3 is 5.97 Å². The quantitative estimate of drug-likeness (QED) is 0.376. The highest BCUT2D eigenvalue weighted by molar-refractivity contribution is 7.99. The van der Waals surface area contributed by atoms with Crippen molar-refractivity contribution in [3.05, 3.63) is 54.1 Å². The number of rotatable bonds is 8. The van der Waals surface area contributed by atoms with Crippen LogP contribution in [0.2, 0.25) is 0 Å². The van der Waals surface area contributed by atoms with E-state index in [4.69, 9.17) is 4.98 Å². The van der Waals surface area contributed by atoms with Gasteiger partial charge in [-0.1, -0.05) is 56.8 Å². The largest absolute Gasteiger partial charge is 0.508 e. The Labute approximate surface area is 175 Å². The summed E-state index contributed by atoms with van der Waals surface area (Å²) in [7, 11) is 0. The van der Waals surface area contributed by atoms with Gasteiger partial charge in [0.25, 0.3) is 0 Å². The lowest BCUT2D eigenvalue weighted by molar-refractivity contribution is -0.144. The fourth-order valence-electron chi connectivity index (χ4n) is 3.50. The number of aliphatic carboxylic acids is 1. The fraction of sp³-hybridized carbons (Fsp3) is 0.391. The molecule has 0 saturated heterocycles. The van der Waals surface area contributed by atoms with E-state index in [-0.39, 0.29) is 5.75 Å². The molecule has 29 heavy (non-hydrogen) atoms. The number of hydrogen-bond donors (Lipinski definition) is 2. The minimum Gasteiger partial charge on any atom is -0.508 e. The number of aromatic hydroxyl groups is 1. The third-order valence-corrected chi connectivity index (χ3v) is 5.94. The summed E-state index contributed by atoms with van der Waals surface area (Å²) >= 11 is 1.62. The molecule has 3 aromatic rings. The molecule has 1 unspecified atom stereocenters. The number of aryl methyl sites for hydroxylation is 1. The predicted molar refractivity (Wildman–Crippen MR) is 118 cm³/mol. The molecule has 2 aromatic carbocycles. The van der Waals surface area contributed by atoms with E-state index in [2.05, 4.69) is 0 Å². The highest BCUT2D eigenvalue weighted by Gasteiger charge is 2.35. The van der Waals surface area contributed by atoms with E-state index in [1.807, 2.05) is 61.7 Å². The zero-order chi connectivity index (χ0) is 21.0. The maximum absolute atomic E-state index is 12.1. The lowest BCUT2D eigenvalue weighted by Crippen LogP contribution is -2.32. The Morgan fingerprint density at radius 3 is 2.45 bits per heavy atom. The zero-order valence-corrected chi connectivity index (χ0v) is 17.9. The number of thioether (sulfide) groups is 1. The molecule has 0 radical (unpaired) electrons. The number of hydrogen-bond acceptors (Lipinski definition) is 4. The number of para-hydroxylation sites is 2. The Bertz CT molecular complexity index is 974. The number of fused-ring (bicyclic) bond motifs is 1. The van der Waals surface area contributed by atoms with Crippen molar-refractivity contribution >= 4 is 28.8 Å². The second kappa shape index (κ2) is 8.91. The summed E-state index contributed by atoms with van der Waals surface area (Å²) < 4.78 is 1.89. The molecule has 0 aliphatic carbocycles. The van der Waals surface area contributed by atoms with Crippen molar-refractivity contribution in [1.29, 1.82) is 0 Å². The summed E-state index contributed by atoms with van der Waals surface area (Å²) in [4.78, 5) is 16.9. The lowest BCUT2D eigenvalue weighted by Gasteiger charge is -2.29. The topological polar surface area (TPSA) is 75.3 Å². The smallest absolute Gasteiger partial charge is 0.327 e. The number of carboxylic acid groups (broad SMARTS) is 1. The van der Waals surface area contributed by atoms with Gasteiger partial charge in [0.2, 0.25) is 0 Å². The van der Waals surface area contributed by atoms with Crippen molar-refractivity contribution in [3.8, 4) is 5.75 Å². The molecular formula is C23H28N2O3S. The first kappa shape index (κ1) is 21.2. The van der Waals surface area contributed by atoms with Gasteiger partial charge in [0, 0.05) is 5.75 Å². The molecule has 0 aliphatic heterocycles. The van der Waals surface area contributed by atoms with Crippen molar-refractivity contribution in [2.24, 2.45) is 5.41 Å². The van der Waals surface area contributed by atoms with E-state index in [0.29, 0.717) is 0 Å². The predicted octanol–water partition coefficient (Wildman–Crippen LogP) is 5.53. The minimum absolute atomic E-state index is 0.287. The van der Waals surface area contributed by atoms with Gasteiger partial charge in [-0.05, 0) is 54.5 Å². The van der Waals surface area contributed by atoms with E-state index in [1.54, 1.807) is 23.9 Å². The number of carboxylic acids is 1. The molecule has 0 amide bonds. The van der Waals surface area contributed by atoms with E-state index < -0.39 is 17.4 Å². The van der Waals surface area contributed by atoms with E-state index in [0.717, 1.165) is 41.2 Å². The van der Waals surface area contributed by atoms with Crippen LogP contribution in [0.1, 0.15) is 45.2 Å². The van der Waals surface area contributed by atoms with Crippen molar-refractivity contribution in [1.82, 2.24) is 9.55 Å². The molecule has 1 atom stereocenters. The van der Waals surface area contributed by atoms with E-state index >= 15 is 0 Å². The first-order chi connectivity index (χ1) is 13.8. The summed E-state index contributed by atoms with van der Waals surface area (Å²) in [6, 6.07) is 14.4. The second-order valence-corrected chi connectivity index (χ2v) is 9.39. The molecule has 0 fully saturated rings. The number of benzene rings is 2. The molecule has 0 saturated carbocycles. The zero-order valence-electron chi connectivity index (χ0n) is 17.1. The van der Waals surface area contributed by atoms with Crippen LogP contribution in [0.25, 0.3) is 11.0 Å². The van der Waals surface area contributed by atoms with Crippen LogP contribution in [0.5, 0.6) is 5.75 Å². The molecule has 1 heterocycles. The lowest BCUT2D eigenvalue weighted by atomic mass is 9.86. The molecule has 6 heteroatoms. The average molecular weight is 413 g/mol. The standard InChI is InChI=1S/C23H28N2O3S/c1-23(2,3)20(21(27)28)25-19-10-5-4-9-18(19)24-22(25)29-15-7-6-8-16-11-13-17(26)14-12-16/h4-5,9-14,20,26H,6-8,15H2,1-3H3,(H,27,28). The number of phenolic OH excluding ortho intramolecular Hbond substituents is 1. The van der Waals surface area contributed by atoms with Gasteiger partial charge in [-0.15, -0.1) is 0 Å². The third-order valence-electron chi connectivity index (χ3n) is 4.90. The van der Waals surface area contributed by atoms with Crippen LogP contribution >= 0.6 is 11.8 Å². The second-order valence-electron chi connectivity index (χ2n) is 8.33. The molecule has 0 bridgehead atoms. The summed E-state index contributed by atoms with van der Waals surface area (Å²) in [5, 5.41) is 20.1. The molecule has 0 aliphatic rings. The SMILES string of the molecule is CC(C)(C)C(C(=O)O)n1c(SCCCCc2ccc(O)cc2)nc2ccccc21. The van der Waals surface area contributed by atoms with Crippen molar-refractivity contribution < 1.29 is 15.0 Å². The van der Waals surface area contributed by atoms with Crippen LogP contribution in [-0.4, -0.2) is 31.5 Å². The average Bonchev–Trinajstić information content (AvgIpc) is 3.00. The summed E-state index contributed by atoms with van der Waals surface area (Å²) in [6.07, 6.45) is 2.98. The van der Waals surface area contributed by atoms with Gasteiger partial charge in [0.1, 0.15) is 11.8 Å². The molecule has 0 spiro atoms. The van der Waals surface area contributed by atoms with Gasteiger partial charge in [-0.25, -0.2) is 9.78 Å². The molecule has 154 valence electrons. The first-order valence-corrected chi connectivity index (χ1v) is 10.9. The van der Waals surface area contributed by atoms with Crippen LogP contribution < -0.4 is 0 Å². The number of aromatic nitrogens is 2. The van der Waals surface area contributed by atoms with Crippen molar-refractivity contribution in [3.63, 3.8) is 0 Å². The van der Waals surface area contributed by atoms with Gasteiger partial charge in [0.05, 0.1) is 11.0 Å². The maximum atomic E-state index is 12.1. The number of carbonyl (C=O) groups is 1. The molecule has 5 nitrogen and oxygen atoms in total. The number of nitrogens with zero attached hydrogens (tertiary/aromatic N) is 2. The van der Waals surface area contributed by atoms with Crippen LogP contribution in [0.4, 0.5) is 0 Å². The van der Waals surface area contributed by atoms with Crippen molar-refractivity contribution in [2.45, 2.75) is 51.2 Å². The fourth-order valence-corrected chi connectivity index (χ4v) is 4.54. The monoisotopic (exact) mass is 412 g/mol. The van der Waals surface area contributed by atoms with Crippen LogP contribution in [0, 0.1) is 5.41 Å². The van der Waals surface area contributed by atoms with Crippen LogP contribution in [0.3, 0.4) is 0 Å². The van der Waals surface area contributed by atoms with E-state index in [9.17, 15) is 15.0 Å². The molecule has 1 aromatic heterocycles. The molecule has 3 rings (SSSR count). The van der Waals surface area contributed by atoms with Crippen molar-refractivity contribution in [2.75, 3.05) is 5.75 Å². The maximum Gasteiger partial charge on any atom is 0.327 e. The Balaban J connectivity index is 1.73. The first-order valence-electron chi connectivity index (χ1n) is 9.88. The summed E-state index contributed by atoms with van der Waals surface area (Å²) in [6.45, 7) is 5.85. The Kier molecular flexibility index (Phi) is 6.52. The molecule has 2 N–H and O–H groups in total. The van der Waals surface area contributed by atoms with Gasteiger partial charge < -0.3 is 14.8 Å². The van der Waals surface area contributed by atoms with Gasteiger partial charge in [0.15, 0.2) is 5.16 Å². The Morgan fingerprint density at radius 1 is 1.10 bits per heavy atom. The third kappa shape index (κ3) is 5.12. The number of phenols is 1. The Morgan fingerprint density at radius 2 is 1.79 bits per heavy atom. The molecular weight excluding hydrogens is 384 g/mol. The van der Waals surface area contributed by atoms with E-state index in [1.165, 1.54) is 5.56 Å². The highest BCUT2D eigenvalue weighted by atomic mass is 32.2. The highest BCUT2D eigenvalue weighted by Crippen LogP contribution is 2.37. The van der Waals surface area contributed by atoms with Gasteiger partial charge in [-0.3, -0.25) is 0 Å². The normalized spacial score (nSPS) is 12.9. The van der Waals surface area contributed by atoms with Gasteiger partial charge in [-0.2, -0.15) is 0 Å². The number of imidazole rings is 1. The van der Waals surface area contributed by atoms with Crippen LogP contribution in [0.15, 0.2) is 53.7 Å². The summed E-state index contributed by atoms with van der Waals surface area (Å²) in [5.74, 6) is 0.322.